The van der Waals surface area contributed by atoms with Crippen molar-refractivity contribution in [3.05, 3.63) is 29.8 Å². The number of carbonyl (C=O) groups excluding carboxylic acids is 2. The van der Waals surface area contributed by atoms with Crippen LogP contribution in [0.15, 0.2) is 24.3 Å². The van der Waals surface area contributed by atoms with Gasteiger partial charge in [0.05, 0.1) is 13.1 Å². The van der Waals surface area contributed by atoms with Crippen molar-refractivity contribution in [2.75, 3.05) is 44.7 Å². The SMILES string of the molecule is CN1C[C@@]2(CCN(CC(=O)N3CCc4ccccc43)C2)OC1=O. The lowest BCUT2D eigenvalue weighted by Gasteiger charge is -2.24. The number of benzene rings is 1. The first-order valence-corrected chi connectivity index (χ1v) is 8.11. The topological polar surface area (TPSA) is 53.1 Å². The Hall–Kier alpha value is -2.08. The van der Waals surface area contributed by atoms with E-state index in [2.05, 4.69) is 11.0 Å². The Morgan fingerprint density at radius 3 is 2.87 bits per heavy atom. The zero-order chi connectivity index (χ0) is 16.0. The molecule has 0 aliphatic carbocycles. The average Bonchev–Trinajstić information content (AvgIpc) is 3.18. The Kier molecular flexibility index (Phi) is 3.30. The van der Waals surface area contributed by atoms with Gasteiger partial charge in [-0.25, -0.2) is 4.79 Å². The molecule has 0 radical (unpaired) electrons. The molecule has 23 heavy (non-hydrogen) atoms. The van der Waals surface area contributed by atoms with E-state index in [0.29, 0.717) is 19.6 Å². The Labute approximate surface area is 135 Å². The molecule has 3 heterocycles. The number of ether oxygens (including phenoxy) is 1. The Balaban J connectivity index is 1.40. The molecule has 1 atom stereocenters. The third-order valence-electron chi connectivity index (χ3n) is 5.08. The van der Waals surface area contributed by atoms with Gasteiger partial charge in [-0.3, -0.25) is 9.69 Å². The highest BCUT2D eigenvalue weighted by Crippen LogP contribution is 2.32. The molecule has 2 amide bonds. The summed E-state index contributed by atoms with van der Waals surface area (Å²) in [7, 11) is 1.76. The smallest absolute Gasteiger partial charge is 0.410 e. The molecule has 2 saturated heterocycles. The molecule has 1 aromatic carbocycles. The van der Waals surface area contributed by atoms with Crippen LogP contribution in [0.4, 0.5) is 10.5 Å². The van der Waals surface area contributed by atoms with Crippen LogP contribution < -0.4 is 4.90 Å². The third-order valence-corrected chi connectivity index (χ3v) is 5.08. The van der Waals surface area contributed by atoms with E-state index in [-0.39, 0.29) is 12.0 Å². The summed E-state index contributed by atoms with van der Waals surface area (Å²) in [6, 6.07) is 8.09. The van der Waals surface area contributed by atoms with Gasteiger partial charge in [0.15, 0.2) is 0 Å². The number of fused-ring (bicyclic) bond motifs is 1. The molecular formula is C17H21N3O3. The fourth-order valence-corrected chi connectivity index (χ4v) is 3.94. The lowest BCUT2D eigenvalue weighted by Crippen LogP contribution is -2.42. The summed E-state index contributed by atoms with van der Waals surface area (Å²) < 4.78 is 5.54. The van der Waals surface area contributed by atoms with Gasteiger partial charge < -0.3 is 14.5 Å². The maximum atomic E-state index is 12.7. The van der Waals surface area contributed by atoms with Gasteiger partial charge in [-0.1, -0.05) is 18.2 Å². The highest BCUT2D eigenvalue weighted by Gasteiger charge is 2.48. The second kappa shape index (κ2) is 5.23. The van der Waals surface area contributed by atoms with Gasteiger partial charge in [0.1, 0.15) is 5.60 Å². The minimum atomic E-state index is -0.422. The number of nitrogens with zero attached hydrogens (tertiary/aromatic N) is 3. The van der Waals surface area contributed by atoms with Gasteiger partial charge in [0.25, 0.3) is 0 Å². The minimum absolute atomic E-state index is 0.129. The Morgan fingerprint density at radius 1 is 1.26 bits per heavy atom. The van der Waals surface area contributed by atoms with Gasteiger partial charge in [-0.15, -0.1) is 0 Å². The summed E-state index contributed by atoms with van der Waals surface area (Å²) in [6.45, 7) is 3.20. The van der Waals surface area contributed by atoms with Crippen LogP contribution in [0.25, 0.3) is 0 Å². The molecular weight excluding hydrogens is 294 g/mol. The number of likely N-dealkylation sites (tertiary alicyclic amines) is 1. The number of hydrogen-bond donors (Lipinski definition) is 0. The fourth-order valence-electron chi connectivity index (χ4n) is 3.94. The second-order valence-corrected chi connectivity index (χ2v) is 6.79. The van der Waals surface area contributed by atoms with Crippen molar-refractivity contribution in [3.8, 4) is 0 Å². The highest BCUT2D eigenvalue weighted by atomic mass is 16.6. The van der Waals surface area contributed by atoms with E-state index < -0.39 is 5.60 Å². The largest absolute Gasteiger partial charge is 0.439 e. The number of carbonyl (C=O) groups is 2. The summed E-state index contributed by atoms with van der Waals surface area (Å²) in [6.07, 6.45) is 1.47. The normalized spacial score (nSPS) is 26.9. The molecule has 1 aromatic rings. The van der Waals surface area contributed by atoms with E-state index in [9.17, 15) is 9.59 Å². The third kappa shape index (κ3) is 2.47. The summed E-state index contributed by atoms with van der Waals surface area (Å²) in [5.41, 5.74) is 1.86. The van der Waals surface area contributed by atoms with Crippen molar-refractivity contribution < 1.29 is 14.3 Å². The molecule has 0 unspecified atom stereocenters. The van der Waals surface area contributed by atoms with Crippen molar-refractivity contribution in [3.63, 3.8) is 0 Å². The molecule has 0 bridgehead atoms. The number of para-hydroxylation sites is 1. The first-order valence-electron chi connectivity index (χ1n) is 8.11. The molecule has 1 spiro atoms. The van der Waals surface area contributed by atoms with Gasteiger partial charge in [-0.05, 0) is 18.1 Å². The van der Waals surface area contributed by atoms with Gasteiger partial charge in [0.2, 0.25) is 5.91 Å². The van der Waals surface area contributed by atoms with Crippen LogP contribution in [0.1, 0.15) is 12.0 Å². The first-order chi connectivity index (χ1) is 11.1. The Bertz CT molecular complexity index is 662. The number of likely N-dealkylation sites (N-methyl/N-ethyl adjacent to an activating group) is 1. The van der Waals surface area contributed by atoms with E-state index in [1.807, 2.05) is 23.1 Å². The number of amides is 2. The van der Waals surface area contributed by atoms with E-state index in [0.717, 1.165) is 31.6 Å². The van der Waals surface area contributed by atoms with Crippen molar-refractivity contribution in [1.29, 1.82) is 0 Å². The molecule has 6 heteroatoms. The standard InChI is InChI=1S/C17H21N3O3/c1-18-11-17(23-16(18)22)7-9-19(12-17)10-15(21)20-8-6-13-4-2-3-5-14(13)20/h2-5H,6-12H2,1H3/t17-/m1/s1. The predicted octanol–water partition coefficient (Wildman–Crippen LogP) is 1.10. The van der Waals surface area contributed by atoms with E-state index >= 15 is 0 Å². The monoisotopic (exact) mass is 315 g/mol. The maximum absolute atomic E-state index is 12.7. The quantitative estimate of drug-likeness (QED) is 0.820. The molecule has 0 saturated carbocycles. The molecule has 0 N–H and O–H groups in total. The molecule has 4 rings (SSSR count). The zero-order valence-corrected chi connectivity index (χ0v) is 13.3. The zero-order valence-electron chi connectivity index (χ0n) is 13.3. The van der Waals surface area contributed by atoms with Crippen molar-refractivity contribution in [1.82, 2.24) is 9.80 Å². The minimum Gasteiger partial charge on any atom is -0.439 e. The predicted molar refractivity (Wildman–Crippen MR) is 85.4 cm³/mol. The summed E-state index contributed by atoms with van der Waals surface area (Å²) >= 11 is 0. The summed E-state index contributed by atoms with van der Waals surface area (Å²) in [5, 5.41) is 0. The van der Waals surface area contributed by atoms with Crippen LogP contribution >= 0.6 is 0 Å². The molecule has 2 fully saturated rings. The first kappa shape index (κ1) is 14.5. The molecule has 122 valence electrons. The maximum Gasteiger partial charge on any atom is 0.410 e. The van der Waals surface area contributed by atoms with Crippen LogP contribution in [0.2, 0.25) is 0 Å². The van der Waals surface area contributed by atoms with Crippen LogP contribution in [0.3, 0.4) is 0 Å². The fraction of sp³-hybridized carbons (Fsp3) is 0.529. The van der Waals surface area contributed by atoms with Gasteiger partial charge in [0, 0.05) is 38.8 Å². The van der Waals surface area contributed by atoms with Crippen molar-refractivity contribution in [2.24, 2.45) is 0 Å². The lowest BCUT2D eigenvalue weighted by atomic mass is 10.0. The lowest BCUT2D eigenvalue weighted by molar-refractivity contribution is -0.119. The molecule has 3 aliphatic heterocycles. The molecule has 6 nitrogen and oxygen atoms in total. The van der Waals surface area contributed by atoms with Gasteiger partial charge in [-0.2, -0.15) is 0 Å². The number of hydrogen-bond acceptors (Lipinski definition) is 4. The van der Waals surface area contributed by atoms with Crippen LogP contribution in [-0.2, 0) is 16.0 Å². The average molecular weight is 315 g/mol. The molecule has 0 aromatic heterocycles. The van der Waals surface area contributed by atoms with E-state index in [1.54, 1.807) is 11.9 Å². The van der Waals surface area contributed by atoms with Crippen molar-refractivity contribution >= 4 is 17.7 Å². The van der Waals surface area contributed by atoms with Crippen LogP contribution in [-0.4, -0.2) is 67.2 Å². The highest BCUT2D eigenvalue weighted by molar-refractivity contribution is 5.96. The second-order valence-electron chi connectivity index (χ2n) is 6.79. The Morgan fingerprint density at radius 2 is 2.09 bits per heavy atom. The van der Waals surface area contributed by atoms with Gasteiger partial charge >= 0.3 is 6.09 Å². The molecule has 3 aliphatic rings. The van der Waals surface area contributed by atoms with E-state index in [1.165, 1.54) is 5.56 Å². The summed E-state index contributed by atoms with van der Waals surface area (Å²) in [5.74, 6) is 0.129. The van der Waals surface area contributed by atoms with Crippen LogP contribution in [0, 0.1) is 0 Å². The van der Waals surface area contributed by atoms with Crippen LogP contribution in [0.5, 0.6) is 0 Å². The number of anilines is 1. The number of rotatable bonds is 2. The summed E-state index contributed by atoms with van der Waals surface area (Å²) in [4.78, 5) is 29.9. The van der Waals surface area contributed by atoms with Crippen molar-refractivity contribution in [2.45, 2.75) is 18.4 Å². The van der Waals surface area contributed by atoms with E-state index in [4.69, 9.17) is 4.74 Å².